The van der Waals surface area contributed by atoms with Crippen LogP contribution in [0.15, 0.2) is 30.5 Å². The van der Waals surface area contributed by atoms with E-state index in [0.717, 1.165) is 5.56 Å². The molecule has 0 unspecified atom stereocenters. The van der Waals surface area contributed by atoms with Crippen LogP contribution in [0, 0.1) is 11.3 Å². The first kappa shape index (κ1) is 14.7. The second-order valence-corrected chi connectivity index (χ2v) is 4.63. The fourth-order valence-corrected chi connectivity index (χ4v) is 1.92. The van der Waals surface area contributed by atoms with Crippen molar-refractivity contribution < 1.29 is 4.79 Å². The molecule has 0 aliphatic heterocycles. The summed E-state index contributed by atoms with van der Waals surface area (Å²) in [6.45, 7) is 1.36. The van der Waals surface area contributed by atoms with Crippen molar-refractivity contribution >= 4 is 5.91 Å². The highest BCUT2D eigenvalue weighted by Gasteiger charge is 2.16. The van der Waals surface area contributed by atoms with Gasteiger partial charge in [0.2, 0.25) is 0 Å². The van der Waals surface area contributed by atoms with E-state index in [4.69, 9.17) is 11.0 Å². The average molecular weight is 284 g/mol. The van der Waals surface area contributed by atoms with E-state index in [1.165, 1.54) is 9.58 Å². The van der Waals surface area contributed by atoms with Gasteiger partial charge in [-0.1, -0.05) is 17.3 Å². The fraction of sp³-hybridized carbons (Fsp3) is 0.286. The maximum absolute atomic E-state index is 12.2. The zero-order valence-electron chi connectivity index (χ0n) is 11.7. The normalized spacial score (nSPS) is 10.1. The van der Waals surface area contributed by atoms with Crippen LogP contribution in [0.5, 0.6) is 0 Å². The average Bonchev–Trinajstić information content (AvgIpc) is 2.95. The van der Waals surface area contributed by atoms with Gasteiger partial charge >= 0.3 is 0 Å². The molecule has 0 aliphatic rings. The number of amides is 1. The minimum absolute atomic E-state index is 0.222. The highest BCUT2D eigenvalue weighted by Crippen LogP contribution is 2.09. The third kappa shape index (κ3) is 3.64. The number of nitrogens with two attached hydrogens (primary N) is 1. The molecule has 1 aromatic carbocycles. The van der Waals surface area contributed by atoms with Crippen molar-refractivity contribution in [3.63, 3.8) is 0 Å². The fourth-order valence-electron chi connectivity index (χ4n) is 1.92. The van der Waals surface area contributed by atoms with Crippen molar-refractivity contribution in [2.45, 2.75) is 13.1 Å². The second kappa shape index (κ2) is 6.63. The first-order valence-corrected chi connectivity index (χ1v) is 6.48. The minimum Gasteiger partial charge on any atom is -0.336 e. The molecule has 0 aliphatic carbocycles. The molecule has 2 rings (SSSR count). The summed E-state index contributed by atoms with van der Waals surface area (Å²) in [5, 5.41) is 16.6. The molecule has 0 atom stereocenters. The summed E-state index contributed by atoms with van der Waals surface area (Å²) in [4.78, 5) is 13.8. The molecule has 2 N–H and O–H groups in total. The Kier molecular flexibility index (Phi) is 4.64. The van der Waals surface area contributed by atoms with Gasteiger partial charge in [-0.15, -0.1) is 5.10 Å². The van der Waals surface area contributed by atoms with E-state index in [2.05, 4.69) is 16.4 Å². The Labute approximate surface area is 122 Å². The Balaban J connectivity index is 2.06. The minimum atomic E-state index is -0.222. The maximum atomic E-state index is 12.2. The lowest BCUT2D eigenvalue weighted by molar-refractivity contribution is 0.0779. The molecule has 0 saturated carbocycles. The number of nitriles is 1. The molecule has 1 heterocycles. The van der Waals surface area contributed by atoms with Gasteiger partial charge in [-0.25, -0.2) is 0 Å². The lowest BCUT2D eigenvalue weighted by Crippen LogP contribution is -2.26. The zero-order chi connectivity index (χ0) is 15.2. The number of benzene rings is 1. The third-order valence-corrected chi connectivity index (χ3v) is 2.94. The quantitative estimate of drug-likeness (QED) is 0.855. The number of carbonyl (C=O) groups is 1. The van der Waals surface area contributed by atoms with Crippen LogP contribution in [0.4, 0.5) is 0 Å². The molecule has 7 nitrogen and oxygen atoms in total. The zero-order valence-corrected chi connectivity index (χ0v) is 11.7. The maximum Gasteiger partial charge on any atom is 0.276 e. The number of carbonyl (C=O) groups excluding carboxylic acids is 1. The van der Waals surface area contributed by atoms with Crippen molar-refractivity contribution in [2.75, 3.05) is 13.6 Å². The van der Waals surface area contributed by atoms with Gasteiger partial charge in [0.25, 0.3) is 5.91 Å². The van der Waals surface area contributed by atoms with E-state index in [0.29, 0.717) is 25.2 Å². The van der Waals surface area contributed by atoms with Crippen LogP contribution in [0.1, 0.15) is 21.6 Å². The predicted octanol–water partition coefficient (Wildman–Crippen LogP) is 0.381. The molecular weight excluding hydrogens is 268 g/mol. The van der Waals surface area contributed by atoms with E-state index in [1.54, 1.807) is 31.4 Å². The molecule has 108 valence electrons. The second-order valence-electron chi connectivity index (χ2n) is 4.63. The van der Waals surface area contributed by atoms with E-state index >= 15 is 0 Å². The van der Waals surface area contributed by atoms with Crippen LogP contribution in [0.3, 0.4) is 0 Å². The predicted molar refractivity (Wildman–Crippen MR) is 76.0 cm³/mol. The molecule has 0 radical (unpaired) electrons. The summed E-state index contributed by atoms with van der Waals surface area (Å²) in [6, 6.07) is 9.23. The summed E-state index contributed by atoms with van der Waals surface area (Å²) >= 11 is 0. The highest BCUT2D eigenvalue weighted by molar-refractivity contribution is 5.91. The summed E-state index contributed by atoms with van der Waals surface area (Å²) in [6.07, 6.45) is 1.58. The van der Waals surface area contributed by atoms with Crippen molar-refractivity contribution in [1.29, 1.82) is 5.26 Å². The van der Waals surface area contributed by atoms with Crippen molar-refractivity contribution in [2.24, 2.45) is 5.73 Å². The van der Waals surface area contributed by atoms with E-state index < -0.39 is 0 Å². The Morgan fingerprint density at radius 2 is 2.33 bits per heavy atom. The van der Waals surface area contributed by atoms with Gasteiger partial charge in [0.05, 0.1) is 24.4 Å². The standard InChI is InChI=1S/C14H16N6O/c1-19(9-12-4-2-3-11(7-12)8-16)14(21)13-10-20(6-5-15)18-17-13/h2-4,7,10H,5-6,9,15H2,1H3. The topological polar surface area (TPSA) is 101 Å². The Bertz CT molecular complexity index is 672. The number of rotatable bonds is 5. The first-order valence-electron chi connectivity index (χ1n) is 6.48. The van der Waals surface area contributed by atoms with E-state index in [1.807, 2.05) is 6.07 Å². The molecule has 0 saturated heterocycles. The van der Waals surface area contributed by atoms with Crippen molar-refractivity contribution in [3.8, 4) is 6.07 Å². The van der Waals surface area contributed by atoms with Crippen LogP contribution >= 0.6 is 0 Å². The van der Waals surface area contributed by atoms with Crippen molar-refractivity contribution in [3.05, 3.63) is 47.3 Å². The number of hydrogen-bond donors (Lipinski definition) is 1. The molecular formula is C14H16N6O. The van der Waals surface area contributed by atoms with Gasteiger partial charge < -0.3 is 10.6 Å². The number of hydrogen-bond acceptors (Lipinski definition) is 5. The molecule has 1 aromatic heterocycles. The summed E-state index contributed by atoms with van der Waals surface area (Å²) in [7, 11) is 1.68. The smallest absolute Gasteiger partial charge is 0.276 e. The Morgan fingerprint density at radius 1 is 1.52 bits per heavy atom. The van der Waals surface area contributed by atoms with Gasteiger partial charge in [-0.2, -0.15) is 5.26 Å². The molecule has 0 spiro atoms. The largest absolute Gasteiger partial charge is 0.336 e. The third-order valence-electron chi connectivity index (χ3n) is 2.94. The monoisotopic (exact) mass is 284 g/mol. The van der Waals surface area contributed by atoms with Crippen molar-refractivity contribution in [1.82, 2.24) is 19.9 Å². The molecule has 2 aromatic rings. The van der Waals surface area contributed by atoms with Crippen LogP contribution < -0.4 is 5.73 Å². The summed E-state index contributed by atoms with van der Waals surface area (Å²) in [5.41, 5.74) is 7.16. The van der Waals surface area contributed by atoms with Gasteiger partial charge in [0.15, 0.2) is 5.69 Å². The first-order chi connectivity index (χ1) is 10.1. The van der Waals surface area contributed by atoms with Crippen LogP contribution in [-0.4, -0.2) is 39.4 Å². The molecule has 0 bridgehead atoms. The molecule has 0 fully saturated rings. The Morgan fingerprint density at radius 3 is 3.05 bits per heavy atom. The van der Waals surface area contributed by atoms with Gasteiger partial charge in [0, 0.05) is 20.1 Å². The van der Waals surface area contributed by atoms with E-state index in [9.17, 15) is 4.79 Å². The number of nitrogens with zero attached hydrogens (tertiary/aromatic N) is 5. The molecule has 21 heavy (non-hydrogen) atoms. The molecule has 1 amide bonds. The van der Waals surface area contributed by atoms with E-state index in [-0.39, 0.29) is 11.6 Å². The van der Waals surface area contributed by atoms with Gasteiger partial charge in [0.1, 0.15) is 0 Å². The lowest BCUT2D eigenvalue weighted by Gasteiger charge is -2.15. The van der Waals surface area contributed by atoms with Crippen LogP contribution in [0.25, 0.3) is 0 Å². The van der Waals surface area contributed by atoms with Crippen LogP contribution in [-0.2, 0) is 13.1 Å². The highest BCUT2D eigenvalue weighted by atomic mass is 16.2. The van der Waals surface area contributed by atoms with Gasteiger partial charge in [-0.05, 0) is 17.7 Å². The SMILES string of the molecule is CN(Cc1cccc(C#N)c1)C(=O)c1cn(CCN)nn1. The summed E-state index contributed by atoms with van der Waals surface area (Å²) < 4.78 is 1.54. The molecule has 7 heteroatoms. The van der Waals surface area contributed by atoms with Gasteiger partial charge in [-0.3, -0.25) is 9.48 Å². The Hall–Kier alpha value is -2.72. The summed E-state index contributed by atoms with van der Waals surface area (Å²) in [5.74, 6) is -0.222. The number of aromatic nitrogens is 3. The lowest BCUT2D eigenvalue weighted by atomic mass is 10.1. The van der Waals surface area contributed by atoms with Crippen LogP contribution in [0.2, 0.25) is 0 Å².